The molecule has 15 heteroatoms. The van der Waals surface area contributed by atoms with Gasteiger partial charge in [-0.2, -0.15) is 0 Å². The molecule has 4 amide bonds. The first-order valence-corrected chi connectivity index (χ1v) is 15.7. The maximum Gasteiger partial charge on any atom is 0.297 e. The summed E-state index contributed by atoms with van der Waals surface area (Å²) in [4.78, 5) is 79.6. The first-order chi connectivity index (χ1) is 22.3. The quantitative estimate of drug-likeness (QED) is 0.213. The summed E-state index contributed by atoms with van der Waals surface area (Å²) in [7, 11) is 0. The van der Waals surface area contributed by atoms with E-state index in [0.717, 1.165) is 32.1 Å². The Kier molecular flexibility index (Phi) is 9.84. The monoisotopic (exact) mass is 645 g/mol. The first kappa shape index (κ1) is 33.4. The van der Waals surface area contributed by atoms with Crippen LogP contribution in [-0.4, -0.2) is 88.7 Å². The van der Waals surface area contributed by atoms with Crippen LogP contribution in [0.25, 0.3) is 11.0 Å². The van der Waals surface area contributed by atoms with E-state index in [-0.39, 0.29) is 36.7 Å². The summed E-state index contributed by atoms with van der Waals surface area (Å²) < 4.78 is 1.47. The molecule has 248 valence electrons. The van der Waals surface area contributed by atoms with Gasteiger partial charge in [-0.25, -0.2) is 14.7 Å². The number of amides is 4. The molecule has 1 unspecified atom stereocenters. The molecule has 1 aromatic carbocycles. The van der Waals surface area contributed by atoms with Crippen LogP contribution in [0, 0.1) is 5.92 Å². The third-order valence-electron chi connectivity index (χ3n) is 8.74. The number of carbonyl (C=O) groups excluding carboxylic acids is 5. The van der Waals surface area contributed by atoms with Crippen LogP contribution in [0.3, 0.4) is 0 Å². The lowest BCUT2D eigenvalue weighted by Crippen LogP contribution is -2.52. The van der Waals surface area contributed by atoms with E-state index in [4.69, 9.17) is 5.73 Å². The largest absolute Gasteiger partial charge is 0.384 e. The molecule has 5 rings (SSSR count). The molecule has 2 aliphatic rings. The molecular formula is C32H39N9O6. The minimum absolute atomic E-state index is 0.0159. The number of hydrogen-bond donors (Lipinski definition) is 3. The molecule has 2 aromatic heterocycles. The third kappa shape index (κ3) is 7.56. The van der Waals surface area contributed by atoms with Gasteiger partial charge in [0.2, 0.25) is 11.7 Å². The number of nitrogens with one attached hydrogen (secondary N) is 1. The van der Waals surface area contributed by atoms with E-state index in [9.17, 15) is 29.1 Å². The molecule has 0 radical (unpaired) electrons. The summed E-state index contributed by atoms with van der Waals surface area (Å²) >= 11 is 0. The Morgan fingerprint density at radius 3 is 2.47 bits per heavy atom. The van der Waals surface area contributed by atoms with Crippen LogP contribution < -0.4 is 11.1 Å². The molecule has 1 saturated heterocycles. The van der Waals surface area contributed by atoms with Gasteiger partial charge in [-0.3, -0.25) is 29.0 Å². The predicted octanol–water partition coefficient (Wildman–Crippen LogP) is 1.40. The molecule has 1 aliphatic heterocycles. The van der Waals surface area contributed by atoms with Crippen LogP contribution in [0.5, 0.6) is 0 Å². The summed E-state index contributed by atoms with van der Waals surface area (Å²) in [5, 5.41) is 21.3. The van der Waals surface area contributed by atoms with Crippen molar-refractivity contribution in [1.82, 2.24) is 35.2 Å². The summed E-state index contributed by atoms with van der Waals surface area (Å²) in [5.41, 5.74) is 5.24. The van der Waals surface area contributed by atoms with Crippen LogP contribution in [0.15, 0.2) is 41.7 Å². The first-order valence-electron chi connectivity index (χ1n) is 15.7. The van der Waals surface area contributed by atoms with Gasteiger partial charge in [0.15, 0.2) is 0 Å². The van der Waals surface area contributed by atoms with E-state index < -0.39 is 53.1 Å². The Hall–Kier alpha value is -4.92. The van der Waals surface area contributed by atoms with Crippen molar-refractivity contribution in [2.75, 3.05) is 6.54 Å². The fourth-order valence-electron chi connectivity index (χ4n) is 6.26. The Morgan fingerprint density at radius 1 is 1.09 bits per heavy atom. The number of likely N-dealkylation sites (tertiary alicyclic amines) is 1. The van der Waals surface area contributed by atoms with E-state index >= 15 is 0 Å². The Labute approximate surface area is 271 Å². The fraction of sp³-hybridized carbons (Fsp3) is 0.500. The molecule has 1 aliphatic carbocycles. The highest BCUT2D eigenvalue weighted by Crippen LogP contribution is 2.33. The van der Waals surface area contributed by atoms with Crippen LogP contribution in [0.2, 0.25) is 0 Å². The second kappa shape index (κ2) is 13.8. The SMILES string of the molecule is CC(NC(=O)[C@@H]1C[C@H](n2nncc2C(C)(C)O)CN1C(=O)C(CC1CCCCC1)=NC(=O)c1cnc2ccccc2n1)C(=O)C(N)=O. The molecule has 0 spiro atoms. The van der Waals surface area contributed by atoms with Crippen molar-refractivity contribution in [2.24, 2.45) is 16.6 Å². The number of primary amides is 1. The van der Waals surface area contributed by atoms with Crippen molar-refractivity contribution in [3.8, 4) is 0 Å². The fourth-order valence-corrected chi connectivity index (χ4v) is 6.26. The third-order valence-corrected chi connectivity index (χ3v) is 8.74. The van der Waals surface area contributed by atoms with Gasteiger partial charge in [0.1, 0.15) is 23.0 Å². The number of aliphatic hydroxyl groups is 1. The smallest absolute Gasteiger partial charge is 0.297 e. The van der Waals surface area contributed by atoms with Crippen molar-refractivity contribution in [3.63, 3.8) is 0 Å². The summed E-state index contributed by atoms with van der Waals surface area (Å²) in [6.45, 7) is 4.43. The van der Waals surface area contributed by atoms with Gasteiger partial charge in [0.05, 0.1) is 41.2 Å². The van der Waals surface area contributed by atoms with Gasteiger partial charge in [-0.1, -0.05) is 49.5 Å². The van der Waals surface area contributed by atoms with E-state index in [1.807, 2.05) is 6.07 Å². The predicted molar refractivity (Wildman–Crippen MR) is 169 cm³/mol. The standard InChI is InChI=1S/C32H39N9O6/c1-18(27(42)28(33)43)36-30(45)25-14-20(41-26(16-35-39-41)32(2,3)47)17-40(25)31(46)23(13-19-9-5-4-6-10-19)38-29(44)24-15-34-21-11-7-8-12-22(21)37-24/h7-8,11-12,15-16,18-20,25,47H,4-6,9-10,13-14,17H2,1-3H3,(H2,33,43)(H,36,45)/t18?,20-,25-/m0/s1. The molecule has 0 bridgehead atoms. The summed E-state index contributed by atoms with van der Waals surface area (Å²) in [5.74, 6) is -4.15. The topological polar surface area (TPSA) is 216 Å². The zero-order valence-corrected chi connectivity index (χ0v) is 26.6. The lowest BCUT2D eigenvalue weighted by molar-refractivity contribution is -0.139. The number of aromatic nitrogens is 5. The maximum atomic E-state index is 14.4. The average molecular weight is 646 g/mol. The number of hydrogen-bond acceptors (Lipinski definition) is 10. The highest BCUT2D eigenvalue weighted by Gasteiger charge is 2.44. The van der Waals surface area contributed by atoms with Crippen LogP contribution in [-0.2, 0) is 24.8 Å². The number of nitrogens with two attached hydrogens (primary N) is 1. The number of para-hydroxylation sites is 2. The zero-order chi connectivity index (χ0) is 33.9. The molecule has 3 atom stereocenters. The normalized spacial score (nSPS) is 19.8. The van der Waals surface area contributed by atoms with Crippen molar-refractivity contribution >= 4 is 46.2 Å². The molecule has 4 N–H and O–H groups in total. The number of rotatable bonds is 10. The van der Waals surface area contributed by atoms with Crippen LogP contribution in [0.4, 0.5) is 0 Å². The van der Waals surface area contributed by atoms with Gasteiger partial charge in [-0.15, -0.1) is 5.10 Å². The van der Waals surface area contributed by atoms with Crippen molar-refractivity contribution in [2.45, 2.75) is 89.4 Å². The van der Waals surface area contributed by atoms with Gasteiger partial charge in [0, 0.05) is 13.0 Å². The molecule has 2 fully saturated rings. The second-order valence-electron chi connectivity index (χ2n) is 12.8. The summed E-state index contributed by atoms with van der Waals surface area (Å²) in [6.07, 6.45) is 7.79. The van der Waals surface area contributed by atoms with Gasteiger partial charge >= 0.3 is 0 Å². The number of aliphatic imine (C=N–C) groups is 1. The molecule has 15 nitrogen and oxygen atoms in total. The van der Waals surface area contributed by atoms with Crippen LogP contribution >= 0.6 is 0 Å². The number of carbonyl (C=O) groups is 5. The van der Waals surface area contributed by atoms with Crippen molar-refractivity contribution in [3.05, 3.63) is 48.0 Å². The minimum Gasteiger partial charge on any atom is -0.384 e. The van der Waals surface area contributed by atoms with Gasteiger partial charge in [-0.05, 0) is 45.2 Å². The molecular weight excluding hydrogens is 606 g/mol. The average Bonchev–Trinajstić information content (AvgIpc) is 3.72. The highest BCUT2D eigenvalue weighted by atomic mass is 16.3. The van der Waals surface area contributed by atoms with E-state index in [2.05, 4.69) is 30.6 Å². The number of fused-ring (bicyclic) bond motifs is 1. The molecule has 1 saturated carbocycles. The molecule has 47 heavy (non-hydrogen) atoms. The second-order valence-corrected chi connectivity index (χ2v) is 12.8. The molecule has 3 heterocycles. The number of benzene rings is 1. The Bertz CT molecular complexity index is 1720. The van der Waals surface area contributed by atoms with E-state index in [1.165, 1.54) is 28.9 Å². The van der Waals surface area contributed by atoms with Gasteiger partial charge in [0.25, 0.3) is 17.7 Å². The van der Waals surface area contributed by atoms with Crippen molar-refractivity contribution < 1.29 is 29.1 Å². The van der Waals surface area contributed by atoms with E-state index in [0.29, 0.717) is 16.7 Å². The van der Waals surface area contributed by atoms with Crippen LogP contribution in [0.1, 0.15) is 87.9 Å². The highest BCUT2D eigenvalue weighted by molar-refractivity contribution is 6.41. The number of nitrogens with zero attached hydrogens (tertiary/aromatic N) is 7. The van der Waals surface area contributed by atoms with E-state index in [1.54, 1.807) is 32.0 Å². The lowest BCUT2D eigenvalue weighted by Gasteiger charge is -2.27. The Balaban J connectivity index is 1.50. The lowest BCUT2D eigenvalue weighted by atomic mass is 9.85. The number of ketones is 1. The molecule has 3 aromatic rings. The van der Waals surface area contributed by atoms with Gasteiger partial charge < -0.3 is 21.1 Å². The van der Waals surface area contributed by atoms with Crippen molar-refractivity contribution in [1.29, 1.82) is 0 Å². The minimum atomic E-state index is -1.33. The Morgan fingerprint density at radius 2 is 1.79 bits per heavy atom. The zero-order valence-electron chi connectivity index (χ0n) is 26.6. The number of Topliss-reactive ketones (excluding diaryl/α,β-unsaturated/α-hetero) is 1. The summed E-state index contributed by atoms with van der Waals surface area (Å²) in [6, 6.07) is 4.10. The maximum absolute atomic E-state index is 14.4.